The number of benzene rings is 2. The van der Waals surface area contributed by atoms with Crippen molar-refractivity contribution in [1.29, 1.82) is 0 Å². The van der Waals surface area contributed by atoms with E-state index in [1.54, 1.807) is 18.2 Å². The van der Waals surface area contributed by atoms with Crippen molar-refractivity contribution >= 4 is 17.7 Å². The van der Waals surface area contributed by atoms with Gasteiger partial charge in [0.1, 0.15) is 11.5 Å². The quantitative estimate of drug-likeness (QED) is 0.711. The molecule has 0 saturated carbocycles. The third kappa shape index (κ3) is 4.84. The normalized spacial score (nSPS) is 10.0. The highest BCUT2D eigenvalue weighted by Gasteiger charge is 2.11. The van der Waals surface area contributed by atoms with E-state index in [0.717, 1.165) is 0 Å². The van der Waals surface area contributed by atoms with Gasteiger partial charge in [0, 0.05) is 11.1 Å². The van der Waals surface area contributed by atoms with E-state index < -0.39 is 25.2 Å². The zero-order valence-corrected chi connectivity index (χ0v) is 12.5. The summed E-state index contributed by atoms with van der Waals surface area (Å²) in [6, 6.07) is 12.2. The number of hydrogen-bond acceptors (Lipinski definition) is 5. The predicted molar refractivity (Wildman–Crippen MR) is 82.6 cm³/mol. The molecule has 7 heteroatoms. The van der Waals surface area contributed by atoms with Crippen molar-refractivity contribution in [3.05, 3.63) is 59.7 Å². The molecule has 24 heavy (non-hydrogen) atoms. The summed E-state index contributed by atoms with van der Waals surface area (Å²) in [6.45, 7) is -0.955. The molecule has 0 aliphatic rings. The number of ether oxygens (including phenoxy) is 2. The van der Waals surface area contributed by atoms with Gasteiger partial charge in [-0.1, -0.05) is 12.1 Å². The summed E-state index contributed by atoms with van der Waals surface area (Å²) in [5.74, 6) is -1.85. The number of aliphatic carboxylic acids is 2. The van der Waals surface area contributed by atoms with Crippen molar-refractivity contribution in [2.24, 2.45) is 0 Å². The van der Waals surface area contributed by atoms with Gasteiger partial charge in [0.05, 0.1) is 0 Å². The van der Waals surface area contributed by atoms with E-state index in [1.165, 1.54) is 30.3 Å². The highest BCUT2D eigenvalue weighted by molar-refractivity contribution is 6.09. The lowest BCUT2D eigenvalue weighted by molar-refractivity contribution is -0.140. The van der Waals surface area contributed by atoms with E-state index in [1.807, 2.05) is 0 Å². The van der Waals surface area contributed by atoms with Gasteiger partial charge in [-0.2, -0.15) is 0 Å². The highest BCUT2D eigenvalue weighted by atomic mass is 16.5. The molecule has 0 radical (unpaired) electrons. The molecule has 0 spiro atoms. The highest BCUT2D eigenvalue weighted by Crippen LogP contribution is 2.19. The molecule has 0 saturated heterocycles. The summed E-state index contributed by atoms with van der Waals surface area (Å²) in [7, 11) is 0. The topological polar surface area (TPSA) is 110 Å². The van der Waals surface area contributed by atoms with Crippen LogP contribution in [0.25, 0.3) is 0 Å². The molecule has 2 rings (SSSR count). The zero-order chi connectivity index (χ0) is 17.5. The Bertz CT molecular complexity index is 750. The summed E-state index contributed by atoms with van der Waals surface area (Å²) in [6.07, 6.45) is 0. The van der Waals surface area contributed by atoms with Crippen LogP contribution in [0.15, 0.2) is 48.5 Å². The van der Waals surface area contributed by atoms with Gasteiger partial charge in [0.25, 0.3) is 0 Å². The molecule has 0 amide bonds. The minimum absolute atomic E-state index is 0.277. The van der Waals surface area contributed by atoms with Crippen molar-refractivity contribution in [3.8, 4) is 11.5 Å². The number of rotatable bonds is 8. The van der Waals surface area contributed by atoms with Crippen molar-refractivity contribution in [2.45, 2.75) is 0 Å². The van der Waals surface area contributed by atoms with Gasteiger partial charge in [-0.3, -0.25) is 4.79 Å². The molecular weight excluding hydrogens is 316 g/mol. The van der Waals surface area contributed by atoms with Crippen LogP contribution in [0.1, 0.15) is 15.9 Å². The van der Waals surface area contributed by atoms with Crippen LogP contribution in [-0.4, -0.2) is 41.1 Å². The Hall–Kier alpha value is -3.35. The second kappa shape index (κ2) is 7.77. The number of ketones is 1. The number of hydrogen-bond donors (Lipinski definition) is 2. The second-order valence-corrected chi connectivity index (χ2v) is 4.75. The largest absolute Gasteiger partial charge is 0.482 e. The summed E-state index contributed by atoms with van der Waals surface area (Å²) in [5.41, 5.74) is 0.727. The van der Waals surface area contributed by atoms with E-state index in [4.69, 9.17) is 19.7 Å². The molecular formula is C17H14O7. The van der Waals surface area contributed by atoms with Gasteiger partial charge < -0.3 is 19.7 Å². The molecule has 7 nitrogen and oxygen atoms in total. The fourth-order valence-electron chi connectivity index (χ4n) is 1.89. The Morgan fingerprint density at radius 1 is 0.750 bits per heavy atom. The van der Waals surface area contributed by atoms with Crippen molar-refractivity contribution in [2.75, 3.05) is 13.2 Å². The molecule has 2 N–H and O–H groups in total. The Balaban J connectivity index is 2.09. The number of carbonyl (C=O) groups is 3. The molecule has 124 valence electrons. The summed E-state index contributed by atoms with van der Waals surface area (Å²) >= 11 is 0. The molecule has 0 unspecified atom stereocenters. The van der Waals surface area contributed by atoms with Gasteiger partial charge in [-0.15, -0.1) is 0 Å². The summed E-state index contributed by atoms with van der Waals surface area (Å²) < 4.78 is 10.0. The first kappa shape index (κ1) is 17.0. The van der Waals surface area contributed by atoms with E-state index >= 15 is 0 Å². The van der Waals surface area contributed by atoms with Gasteiger partial charge in [0.2, 0.25) is 0 Å². The monoisotopic (exact) mass is 330 g/mol. The predicted octanol–water partition coefficient (Wildman–Crippen LogP) is 1.84. The first-order valence-corrected chi connectivity index (χ1v) is 6.90. The van der Waals surface area contributed by atoms with E-state index in [2.05, 4.69) is 0 Å². The van der Waals surface area contributed by atoms with E-state index in [-0.39, 0.29) is 11.5 Å². The molecule has 2 aromatic carbocycles. The minimum Gasteiger partial charge on any atom is -0.482 e. The van der Waals surface area contributed by atoms with Crippen molar-refractivity contribution in [3.63, 3.8) is 0 Å². The van der Waals surface area contributed by atoms with Crippen LogP contribution < -0.4 is 9.47 Å². The lowest BCUT2D eigenvalue weighted by Crippen LogP contribution is -2.10. The van der Waals surface area contributed by atoms with Crippen LogP contribution in [0.5, 0.6) is 11.5 Å². The maximum Gasteiger partial charge on any atom is 0.341 e. The number of carboxylic acid groups (broad SMARTS) is 2. The van der Waals surface area contributed by atoms with Crippen molar-refractivity contribution < 1.29 is 34.1 Å². The maximum absolute atomic E-state index is 12.4. The third-order valence-corrected chi connectivity index (χ3v) is 2.94. The Kier molecular flexibility index (Phi) is 5.51. The van der Waals surface area contributed by atoms with E-state index in [0.29, 0.717) is 16.9 Å². The van der Waals surface area contributed by atoms with Gasteiger partial charge in [-0.05, 0) is 36.4 Å². The zero-order valence-electron chi connectivity index (χ0n) is 12.5. The maximum atomic E-state index is 12.4. The fourth-order valence-corrected chi connectivity index (χ4v) is 1.89. The van der Waals surface area contributed by atoms with Gasteiger partial charge in [-0.25, -0.2) is 9.59 Å². The first-order valence-electron chi connectivity index (χ1n) is 6.90. The Labute approximate surface area is 137 Å². The SMILES string of the molecule is O=C(O)COc1ccc(C(=O)c2cccc(OCC(=O)O)c2)cc1. The lowest BCUT2D eigenvalue weighted by Gasteiger charge is -2.07. The molecule has 0 fully saturated rings. The Morgan fingerprint density at radius 2 is 1.33 bits per heavy atom. The minimum atomic E-state index is -1.11. The molecule has 0 aliphatic carbocycles. The first-order chi connectivity index (χ1) is 11.5. The summed E-state index contributed by atoms with van der Waals surface area (Å²) in [5, 5.41) is 17.1. The van der Waals surface area contributed by atoms with Gasteiger partial charge in [0.15, 0.2) is 19.0 Å². The van der Waals surface area contributed by atoms with E-state index in [9.17, 15) is 14.4 Å². The van der Waals surface area contributed by atoms with Crippen LogP contribution in [-0.2, 0) is 9.59 Å². The summed E-state index contributed by atoms with van der Waals surface area (Å²) in [4.78, 5) is 33.3. The molecule has 0 atom stereocenters. The standard InChI is InChI=1S/C17H14O7/c18-15(19)9-23-13-6-4-11(5-7-13)17(22)12-2-1-3-14(8-12)24-10-16(20)21/h1-8H,9-10H2,(H,18,19)(H,20,21). The molecule has 2 aromatic rings. The van der Waals surface area contributed by atoms with Crippen LogP contribution in [0.3, 0.4) is 0 Å². The van der Waals surface area contributed by atoms with Crippen LogP contribution in [0, 0.1) is 0 Å². The molecule has 0 aliphatic heterocycles. The average Bonchev–Trinajstić information content (AvgIpc) is 2.58. The molecule has 0 heterocycles. The molecule has 0 bridgehead atoms. The smallest absolute Gasteiger partial charge is 0.341 e. The third-order valence-electron chi connectivity index (χ3n) is 2.94. The van der Waals surface area contributed by atoms with Crippen LogP contribution in [0.4, 0.5) is 0 Å². The van der Waals surface area contributed by atoms with Crippen molar-refractivity contribution in [1.82, 2.24) is 0 Å². The number of carboxylic acids is 2. The fraction of sp³-hybridized carbons (Fsp3) is 0.118. The number of carbonyl (C=O) groups excluding carboxylic acids is 1. The molecule has 0 aromatic heterocycles. The van der Waals surface area contributed by atoms with Crippen LogP contribution in [0.2, 0.25) is 0 Å². The van der Waals surface area contributed by atoms with Crippen LogP contribution >= 0.6 is 0 Å². The second-order valence-electron chi connectivity index (χ2n) is 4.75. The average molecular weight is 330 g/mol. The Morgan fingerprint density at radius 3 is 1.92 bits per heavy atom. The lowest BCUT2D eigenvalue weighted by atomic mass is 10.0. The van der Waals surface area contributed by atoms with Gasteiger partial charge >= 0.3 is 11.9 Å².